The molecule has 1 aliphatic carbocycles. The largest absolute Gasteiger partial charge is 0.335 e. The number of sulfonamides is 1. The summed E-state index contributed by atoms with van der Waals surface area (Å²) in [5.74, 6) is -0.913. The highest BCUT2D eigenvalue weighted by molar-refractivity contribution is 7.89. The van der Waals surface area contributed by atoms with Crippen LogP contribution in [0.25, 0.3) is 10.8 Å². The van der Waals surface area contributed by atoms with Crippen LogP contribution in [0.3, 0.4) is 0 Å². The molecule has 2 N–H and O–H groups in total. The highest BCUT2D eigenvalue weighted by Crippen LogP contribution is 2.65. The molecule has 3 aromatic rings. The Kier molecular flexibility index (Phi) is 7.40. The van der Waals surface area contributed by atoms with Gasteiger partial charge in [-0.25, -0.2) is 8.42 Å². The van der Waals surface area contributed by atoms with Crippen molar-refractivity contribution in [2.24, 2.45) is 22.7 Å². The van der Waals surface area contributed by atoms with Crippen molar-refractivity contribution in [3.63, 3.8) is 0 Å². The lowest BCUT2D eigenvalue weighted by molar-refractivity contribution is -0.143. The van der Waals surface area contributed by atoms with Gasteiger partial charge in [-0.05, 0) is 47.1 Å². The molecule has 0 bridgehead atoms. The summed E-state index contributed by atoms with van der Waals surface area (Å²) >= 11 is 0. The second kappa shape index (κ2) is 10.5. The van der Waals surface area contributed by atoms with Gasteiger partial charge < -0.3 is 10.2 Å². The van der Waals surface area contributed by atoms with E-state index in [1.165, 1.54) is 17.0 Å². The summed E-state index contributed by atoms with van der Waals surface area (Å²) in [4.78, 5) is 34.0. The number of aryl methyl sites for hydroxylation is 1. The standard InChI is InChI=1S/C32H37N5O4S/c1-19-11-13-21(14-12-19)42(40,41)36-28(31(2,3)4)30(39)37-18-24-26(32(24,5)6)27(37)29(38)35-25(15-33)23-17-34-16-20-9-7-8-10-22(20)23/h7-14,16-17,24-28,36H,18H2,1-6H3,(H,35,38)/t24-,25?,26-,27-,28?/m0/s1. The van der Waals surface area contributed by atoms with Gasteiger partial charge in [0.1, 0.15) is 18.1 Å². The molecular weight excluding hydrogens is 550 g/mol. The van der Waals surface area contributed by atoms with E-state index in [-0.39, 0.29) is 22.1 Å². The molecule has 42 heavy (non-hydrogen) atoms. The normalized spacial score (nSPS) is 22.6. The van der Waals surface area contributed by atoms with Crippen molar-refractivity contribution >= 4 is 32.6 Å². The number of amides is 2. The summed E-state index contributed by atoms with van der Waals surface area (Å²) in [5, 5.41) is 14.6. The van der Waals surface area contributed by atoms with Gasteiger partial charge in [-0.1, -0.05) is 76.6 Å². The van der Waals surface area contributed by atoms with Gasteiger partial charge in [0, 0.05) is 29.9 Å². The number of carbonyl (C=O) groups excluding carboxylic acids is 2. The fraction of sp³-hybridized carbons (Fsp3) is 0.438. The summed E-state index contributed by atoms with van der Waals surface area (Å²) in [7, 11) is -4.02. The van der Waals surface area contributed by atoms with E-state index in [9.17, 15) is 23.3 Å². The minimum absolute atomic E-state index is 0.0652. The van der Waals surface area contributed by atoms with E-state index in [0.29, 0.717) is 12.1 Å². The molecular formula is C32H37N5O4S. The van der Waals surface area contributed by atoms with Crippen molar-refractivity contribution in [1.29, 1.82) is 5.26 Å². The van der Waals surface area contributed by atoms with Crippen molar-refractivity contribution in [1.82, 2.24) is 19.9 Å². The molecule has 1 saturated carbocycles. The van der Waals surface area contributed by atoms with E-state index < -0.39 is 45.4 Å². The Morgan fingerprint density at radius 2 is 1.76 bits per heavy atom. The number of fused-ring (bicyclic) bond motifs is 2. The maximum absolute atomic E-state index is 14.2. The van der Waals surface area contributed by atoms with Gasteiger partial charge in [-0.3, -0.25) is 14.6 Å². The first-order chi connectivity index (χ1) is 19.7. The molecule has 2 aromatic carbocycles. The minimum Gasteiger partial charge on any atom is -0.335 e. The smallest absolute Gasteiger partial charge is 0.244 e. The average molecular weight is 588 g/mol. The van der Waals surface area contributed by atoms with Crippen LogP contribution in [-0.2, 0) is 19.6 Å². The van der Waals surface area contributed by atoms with Crippen LogP contribution in [0.5, 0.6) is 0 Å². The average Bonchev–Trinajstić information content (AvgIpc) is 3.26. The second-order valence-corrected chi connectivity index (χ2v) is 14.9. The van der Waals surface area contributed by atoms with E-state index in [1.54, 1.807) is 45.3 Å². The molecule has 2 aliphatic rings. The van der Waals surface area contributed by atoms with Gasteiger partial charge >= 0.3 is 0 Å². The van der Waals surface area contributed by atoms with Gasteiger partial charge in [0.25, 0.3) is 0 Å². The van der Waals surface area contributed by atoms with Crippen LogP contribution >= 0.6 is 0 Å². The van der Waals surface area contributed by atoms with E-state index in [2.05, 4.69) is 34.9 Å². The number of carbonyl (C=O) groups is 2. The molecule has 2 amide bonds. The quantitative estimate of drug-likeness (QED) is 0.428. The molecule has 2 unspecified atom stereocenters. The van der Waals surface area contributed by atoms with Crippen LogP contribution in [0.4, 0.5) is 0 Å². The van der Waals surface area contributed by atoms with E-state index >= 15 is 0 Å². The molecule has 2 heterocycles. The zero-order chi connectivity index (χ0) is 30.6. The predicted octanol–water partition coefficient (Wildman–Crippen LogP) is 4.10. The molecule has 10 heteroatoms. The second-order valence-electron chi connectivity index (χ2n) is 13.1. The third-order valence-electron chi connectivity index (χ3n) is 8.90. The van der Waals surface area contributed by atoms with E-state index in [0.717, 1.165) is 16.3 Å². The summed E-state index contributed by atoms with van der Waals surface area (Å²) in [5.41, 5.74) is 0.535. The van der Waals surface area contributed by atoms with Crippen molar-refractivity contribution in [3.05, 3.63) is 72.1 Å². The Bertz CT molecular complexity index is 1680. The minimum atomic E-state index is -4.02. The number of likely N-dealkylation sites (tertiary alicyclic amines) is 1. The van der Waals surface area contributed by atoms with Gasteiger partial charge in [-0.15, -0.1) is 0 Å². The Balaban J connectivity index is 1.44. The molecule has 5 atom stereocenters. The molecule has 0 spiro atoms. The topological polar surface area (TPSA) is 132 Å². The molecule has 1 saturated heterocycles. The van der Waals surface area contributed by atoms with E-state index in [4.69, 9.17) is 0 Å². The van der Waals surface area contributed by atoms with Crippen molar-refractivity contribution < 1.29 is 18.0 Å². The maximum atomic E-state index is 14.2. The van der Waals surface area contributed by atoms with Crippen molar-refractivity contribution in [2.75, 3.05) is 6.54 Å². The summed E-state index contributed by atoms with van der Waals surface area (Å²) in [6.07, 6.45) is 3.28. The Hall–Kier alpha value is -3.81. The Morgan fingerprint density at radius 3 is 2.40 bits per heavy atom. The molecule has 2 fully saturated rings. The molecule has 0 radical (unpaired) electrons. The van der Waals surface area contributed by atoms with Crippen LogP contribution in [0.15, 0.2) is 65.8 Å². The molecule has 9 nitrogen and oxygen atoms in total. The van der Waals surface area contributed by atoms with Gasteiger partial charge in [0.05, 0.1) is 11.0 Å². The molecule has 1 aromatic heterocycles. The number of nitrogens with zero attached hydrogens (tertiary/aromatic N) is 3. The summed E-state index contributed by atoms with van der Waals surface area (Å²) in [6.45, 7) is 11.7. The number of pyridine rings is 1. The van der Waals surface area contributed by atoms with Gasteiger partial charge in [0.15, 0.2) is 0 Å². The number of piperidine rings is 1. The zero-order valence-corrected chi connectivity index (χ0v) is 25.6. The molecule has 1 aliphatic heterocycles. The molecule has 220 valence electrons. The lowest BCUT2D eigenvalue weighted by atomic mass is 9.86. The Morgan fingerprint density at radius 1 is 1.10 bits per heavy atom. The maximum Gasteiger partial charge on any atom is 0.244 e. The number of aromatic nitrogens is 1. The predicted molar refractivity (Wildman–Crippen MR) is 159 cm³/mol. The van der Waals surface area contributed by atoms with Gasteiger partial charge in [-0.2, -0.15) is 9.98 Å². The lowest BCUT2D eigenvalue weighted by Gasteiger charge is -2.37. The number of rotatable bonds is 7. The van der Waals surface area contributed by atoms with Crippen LogP contribution in [0, 0.1) is 40.9 Å². The number of hydrogen-bond acceptors (Lipinski definition) is 6. The Labute approximate surface area is 247 Å². The highest BCUT2D eigenvalue weighted by atomic mass is 32.2. The number of nitriles is 1. The number of benzene rings is 2. The van der Waals surface area contributed by atoms with Gasteiger partial charge in [0.2, 0.25) is 21.8 Å². The first-order valence-corrected chi connectivity index (χ1v) is 15.6. The third-order valence-corrected chi connectivity index (χ3v) is 10.3. The lowest BCUT2D eigenvalue weighted by Crippen LogP contribution is -2.59. The van der Waals surface area contributed by atoms with Crippen LogP contribution in [-0.4, -0.2) is 48.7 Å². The number of nitrogens with one attached hydrogen (secondary N) is 2. The third kappa shape index (κ3) is 5.27. The first-order valence-electron chi connectivity index (χ1n) is 14.1. The SMILES string of the molecule is Cc1ccc(S(=O)(=O)NC(C(=O)N2C[C@H]3[C@@H]([C@H]2C(=O)NC(C#N)c2cncc4ccccc24)C3(C)C)C(C)(C)C)cc1. The van der Waals surface area contributed by atoms with Crippen molar-refractivity contribution in [2.45, 2.75) is 64.6 Å². The van der Waals surface area contributed by atoms with Crippen LogP contribution in [0.1, 0.15) is 51.8 Å². The fourth-order valence-electron chi connectivity index (χ4n) is 6.29. The van der Waals surface area contributed by atoms with Crippen LogP contribution in [0.2, 0.25) is 0 Å². The van der Waals surface area contributed by atoms with Crippen molar-refractivity contribution in [3.8, 4) is 6.07 Å². The summed E-state index contributed by atoms with van der Waals surface area (Å²) < 4.78 is 29.4. The monoisotopic (exact) mass is 587 g/mol. The highest BCUT2D eigenvalue weighted by Gasteiger charge is 2.69. The first kappa shape index (κ1) is 29.7. The summed E-state index contributed by atoms with van der Waals surface area (Å²) in [6, 6.07) is 13.2. The van der Waals surface area contributed by atoms with E-state index in [1.807, 2.05) is 31.2 Å². The van der Waals surface area contributed by atoms with Crippen LogP contribution < -0.4 is 10.0 Å². The molecule has 5 rings (SSSR count). The number of hydrogen-bond donors (Lipinski definition) is 2. The fourth-order valence-corrected chi connectivity index (χ4v) is 7.69. The zero-order valence-electron chi connectivity index (χ0n) is 24.8.